The van der Waals surface area contributed by atoms with Gasteiger partial charge >= 0.3 is 0 Å². The largest absolute Gasteiger partial charge is 0.331 e. The fourth-order valence-corrected chi connectivity index (χ4v) is 5.91. The summed E-state index contributed by atoms with van der Waals surface area (Å²) in [5.41, 5.74) is 3.52. The highest BCUT2D eigenvalue weighted by Gasteiger charge is 2.47. The van der Waals surface area contributed by atoms with Crippen molar-refractivity contribution in [3.8, 4) is 0 Å². The van der Waals surface area contributed by atoms with Gasteiger partial charge in [-0.2, -0.15) is 0 Å². The number of aryl methyl sites for hydroxylation is 2. The molecule has 4 rings (SSSR count). The van der Waals surface area contributed by atoms with Crippen molar-refractivity contribution >= 4 is 74.9 Å². The quantitative estimate of drug-likeness (QED) is 0.547. The fraction of sp³-hybridized carbons (Fsp3) is 0.286. The van der Waals surface area contributed by atoms with Crippen molar-refractivity contribution < 1.29 is 9.59 Å². The summed E-state index contributed by atoms with van der Waals surface area (Å²) >= 11 is 14.2. The molecule has 2 aromatic rings. The van der Waals surface area contributed by atoms with E-state index in [1.165, 1.54) is 29.1 Å². The van der Waals surface area contributed by atoms with Gasteiger partial charge in [-0.05, 0) is 61.4 Å². The van der Waals surface area contributed by atoms with E-state index >= 15 is 0 Å². The summed E-state index contributed by atoms with van der Waals surface area (Å²) in [6.45, 7) is 4.04. The van der Waals surface area contributed by atoms with Crippen LogP contribution in [0.3, 0.4) is 0 Å². The van der Waals surface area contributed by atoms with Crippen LogP contribution in [-0.2, 0) is 9.59 Å². The Bertz CT molecular complexity index is 1030. The smallest absolute Gasteiger partial charge is 0.238 e. The molecule has 6 nitrogen and oxygen atoms in total. The van der Waals surface area contributed by atoms with Crippen molar-refractivity contribution in [2.24, 2.45) is 0 Å². The Balaban J connectivity index is 1.39. The number of carbonyl (C=O) groups excluding carboxylic acids is 2. The summed E-state index contributed by atoms with van der Waals surface area (Å²) in [6.07, 6.45) is -0.298. The van der Waals surface area contributed by atoms with Gasteiger partial charge in [0.25, 0.3) is 0 Å². The number of nitrogens with zero attached hydrogens (tertiary/aromatic N) is 1. The van der Waals surface area contributed by atoms with E-state index in [0.29, 0.717) is 9.34 Å². The van der Waals surface area contributed by atoms with Crippen LogP contribution in [0, 0.1) is 13.8 Å². The zero-order valence-corrected chi connectivity index (χ0v) is 20.1. The number of anilines is 2. The number of hydrogen-bond acceptors (Lipinski definition) is 6. The topological polar surface area (TPSA) is 73.5 Å². The number of carbonyl (C=O) groups is 2. The number of amides is 2. The van der Waals surface area contributed by atoms with E-state index in [-0.39, 0.29) is 29.0 Å². The van der Waals surface area contributed by atoms with E-state index in [9.17, 15) is 9.59 Å². The Kier molecular flexibility index (Phi) is 6.78. The normalized spacial score (nSPS) is 22.8. The third-order valence-electron chi connectivity index (χ3n) is 5.12. The third-order valence-corrected chi connectivity index (χ3v) is 8.00. The van der Waals surface area contributed by atoms with Gasteiger partial charge in [-0.25, -0.2) is 0 Å². The lowest BCUT2D eigenvalue weighted by molar-refractivity contribution is -0.122. The van der Waals surface area contributed by atoms with Crippen molar-refractivity contribution in [1.29, 1.82) is 0 Å². The molecule has 0 aromatic heterocycles. The zero-order valence-electron chi connectivity index (χ0n) is 16.8. The number of benzene rings is 2. The van der Waals surface area contributed by atoms with Crippen LogP contribution >= 0.6 is 47.3 Å². The summed E-state index contributed by atoms with van der Waals surface area (Å²) in [4.78, 5) is 27.0. The third kappa shape index (κ3) is 5.01. The highest BCUT2D eigenvalue weighted by atomic mass is 35.5. The molecule has 2 saturated heterocycles. The van der Waals surface area contributed by atoms with Crippen LogP contribution in [-0.4, -0.2) is 38.8 Å². The lowest BCUT2D eigenvalue weighted by Crippen LogP contribution is -2.64. The molecular weight excluding hydrogens is 472 g/mol. The van der Waals surface area contributed by atoms with E-state index in [2.05, 4.69) is 16.0 Å². The maximum absolute atomic E-state index is 12.7. The number of thiocarbonyl (C=S) groups is 1. The summed E-state index contributed by atoms with van der Waals surface area (Å²) in [6, 6.07) is 13.2. The van der Waals surface area contributed by atoms with Gasteiger partial charge in [0, 0.05) is 16.4 Å². The van der Waals surface area contributed by atoms with Gasteiger partial charge in [-0.3, -0.25) is 14.9 Å². The molecule has 3 atom stereocenters. The molecule has 2 heterocycles. The predicted octanol–water partition coefficient (Wildman–Crippen LogP) is 3.86. The van der Waals surface area contributed by atoms with Crippen LogP contribution in [0.1, 0.15) is 11.1 Å². The van der Waals surface area contributed by atoms with Crippen molar-refractivity contribution in [2.75, 3.05) is 16.0 Å². The van der Waals surface area contributed by atoms with Gasteiger partial charge in [-0.1, -0.05) is 41.6 Å². The van der Waals surface area contributed by atoms with Gasteiger partial charge in [-0.15, -0.1) is 11.8 Å². The van der Waals surface area contributed by atoms with Gasteiger partial charge in [0.15, 0.2) is 0 Å². The molecule has 0 aliphatic carbocycles. The summed E-state index contributed by atoms with van der Waals surface area (Å²) in [5.74, 6) is -0.0298. The molecule has 10 heteroatoms. The Morgan fingerprint density at radius 1 is 1.23 bits per heavy atom. The van der Waals surface area contributed by atoms with E-state index in [4.69, 9.17) is 23.8 Å². The number of thioether (sulfide) groups is 2. The van der Waals surface area contributed by atoms with Crippen molar-refractivity contribution in [3.63, 3.8) is 0 Å². The van der Waals surface area contributed by atoms with Gasteiger partial charge < -0.3 is 15.5 Å². The van der Waals surface area contributed by atoms with Crippen molar-refractivity contribution in [2.45, 2.75) is 30.8 Å². The van der Waals surface area contributed by atoms with E-state index in [1.807, 2.05) is 49.1 Å². The average Bonchev–Trinajstić information content (AvgIpc) is 3.06. The summed E-state index contributed by atoms with van der Waals surface area (Å²) < 4.78 is 0.623. The average molecular weight is 493 g/mol. The van der Waals surface area contributed by atoms with Crippen LogP contribution in [0.25, 0.3) is 0 Å². The second-order valence-electron chi connectivity index (χ2n) is 7.31. The molecule has 2 aliphatic rings. The first-order chi connectivity index (χ1) is 14.8. The molecular formula is C21H21ClN4O2S3. The van der Waals surface area contributed by atoms with Crippen molar-refractivity contribution in [1.82, 2.24) is 10.6 Å². The maximum atomic E-state index is 12.7. The monoisotopic (exact) mass is 492 g/mol. The Morgan fingerprint density at radius 2 is 1.97 bits per heavy atom. The predicted molar refractivity (Wildman–Crippen MR) is 134 cm³/mol. The van der Waals surface area contributed by atoms with Crippen LogP contribution in [0.5, 0.6) is 0 Å². The van der Waals surface area contributed by atoms with Gasteiger partial charge in [0.1, 0.15) is 21.2 Å². The number of hydrogen-bond donors (Lipinski definition) is 3. The van der Waals surface area contributed by atoms with Crippen molar-refractivity contribution in [3.05, 3.63) is 58.6 Å². The minimum atomic E-state index is -0.407. The molecule has 0 bridgehead atoms. The lowest BCUT2D eigenvalue weighted by Gasteiger charge is -2.36. The second-order valence-corrected chi connectivity index (χ2v) is 10.6. The van der Waals surface area contributed by atoms with Crippen LogP contribution in [0.2, 0.25) is 5.02 Å². The van der Waals surface area contributed by atoms with Crippen LogP contribution in [0.15, 0.2) is 42.5 Å². The van der Waals surface area contributed by atoms with Crippen LogP contribution in [0.4, 0.5) is 11.4 Å². The molecule has 162 valence electrons. The Hall–Kier alpha value is -1.78. The fourth-order valence-electron chi connectivity index (χ4n) is 3.38. The molecule has 0 spiro atoms. The number of rotatable bonds is 5. The molecule has 3 unspecified atom stereocenters. The molecule has 3 N–H and O–H groups in total. The Morgan fingerprint density at radius 3 is 2.68 bits per heavy atom. The van der Waals surface area contributed by atoms with E-state index < -0.39 is 5.50 Å². The van der Waals surface area contributed by atoms with Gasteiger partial charge in [0.2, 0.25) is 11.8 Å². The van der Waals surface area contributed by atoms with E-state index in [1.54, 1.807) is 12.1 Å². The molecule has 31 heavy (non-hydrogen) atoms. The zero-order chi connectivity index (χ0) is 22.1. The number of fused-ring (bicyclic) bond motifs is 1. The Labute approximate surface area is 199 Å². The first kappa shape index (κ1) is 22.4. The molecule has 0 saturated carbocycles. The lowest BCUT2D eigenvalue weighted by atomic mass is 10.1. The molecule has 2 amide bonds. The van der Waals surface area contributed by atoms with Gasteiger partial charge in [0.05, 0.1) is 5.75 Å². The molecule has 2 aromatic carbocycles. The van der Waals surface area contributed by atoms with Crippen LogP contribution < -0.4 is 20.9 Å². The summed E-state index contributed by atoms with van der Waals surface area (Å²) in [7, 11) is 0. The summed E-state index contributed by atoms with van der Waals surface area (Å²) in [5, 5.41) is 9.52. The highest BCUT2D eigenvalue weighted by Crippen LogP contribution is 2.37. The van der Waals surface area contributed by atoms with E-state index in [0.717, 1.165) is 16.9 Å². The first-order valence-electron chi connectivity index (χ1n) is 9.62. The minimum Gasteiger partial charge on any atom is -0.331 e. The highest BCUT2D eigenvalue weighted by molar-refractivity contribution is 8.24. The SMILES string of the molecule is Cc1ccc(NC(=O)CSC2NC(=O)C3SC(=S)N(c4ccc(Cl)cc4)C3N2)cc1C. The number of nitrogens with one attached hydrogen (secondary N) is 3. The molecule has 0 radical (unpaired) electrons. The second kappa shape index (κ2) is 9.38. The number of halogens is 1. The maximum Gasteiger partial charge on any atom is 0.238 e. The standard InChI is InChI=1S/C21H21ClN4O2S3/c1-11-3-6-14(9-12(11)2)23-16(27)10-30-20-24-18-17(19(28)25-20)31-21(29)26(18)15-7-4-13(22)5-8-15/h3-9,17-18,20,24H,10H2,1-2H3,(H,23,27)(H,25,28). The first-order valence-corrected chi connectivity index (χ1v) is 12.3. The molecule has 2 fully saturated rings. The minimum absolute atomic E-state index is 0.0976. The molecule has 2 aliphatic heterocycles.